The molecule has 2 aromatic carbocycles. The Labute approximate surface area is 213 Å². The standard InChI is InChI=1S/C28H28FN3O3S/c1-2-25-24(19-31(18-23-10-6-16-34-23)27(33)26-11-7-17-36-26)28(35-22-14-12-20(29)13-15-22)32(30-25)21-8-4-3-5-9-21/h3-5,7-9,11-15,17,23H,2,6,10,16,18-19H2,1H3/t23-/m1/s1. The van der Waals surface area contributed by atoms with Gasteiger partial charge in [0.05, 0.1) is 34.5 Å². The number of ether oxygens (including phenoxy) is 2. The van der Waals surface area contributed by atoms with Crippen LogP contribution in [0.5, 0.6) is 11.6 Å². The van der Waals surface area contributed by atoms with Crippen molar-refractivity contribution in [2.45, 2.75) is 38.8 Å². The van der Waals surface area contributed by atoms with Crippen LogP contribution < -0.4 is 4.74 Å². The molecule has 1 aliphatic heterocycles. The molecule has 5 rings (SSSR count). The van der Waals surface area contributed by atoms with Crippen LogP contribution in [0.4, 0.5) is 4.39 Å². The van der Waals surface area contributed by atoms with Gasteiger partial charge in [-0.1, -0.05) is 31.2 Å². The van der Waals surface area contributed by atoms with E-state index in [0.717, 1.165) is 36.4 Å². The average Bonchev–Trinajstić information content (AvgIpc) is 3.68. The number of carbonyl (C=O) groups is 1. The molecule has 186 valence electrons. The zero-order chi connectivity index (χ0) is 24.9. The van der Waals surface area contributed by atoms with Crippen LogP contribution in [0.1, 0.15) is 40.7 Å². The molecule has 4 aromatic rings. The Balaban J connectivity index is 1.56. The summed E-state index contributed by atoms with van der Waals surface area (Å²) < 4.78 is 27.5. The molecule has 0 spiro atoms. The van der Waals surface area contributed by atoms with Gasteiger partial charge in [0.25, 0.3) is 5.91 Å². The number of amides is 1. The normalized spacial score (nSPS) is 15.2. The van der Waals surface area contributed by atoms with Gasteiger partial charge in [0.2, 0.25) is 5.88 Å². The summed E-state index contributed by atoms with van der Waals surface area (Å²) in [6.45, 7) is 3.57. The molecule has 36 heavy (non-hydrogen) atoms. The highest BCUT2D eigenvalue weighted by atomic mass is 32.1. The lowest BCUT2D eigenvalue weighted by Gasteiger charge is -2.25. The molecule has 1 amide bonds. The first-order valence-electron chi connectivity index (χ1n) is 12.2. The van der Waals surface area contributed by atoms with Gasteiger partial charge in [0.1, 0.15) is 11.6 Å². The maximum Gasteiger partial charge on any atom is 0.264 e. The molecule has 0 bridgehead atoms. The van der Waals surface area contributed by atoms with Gasteiger partial charge in [0, 0.05) is 13.2 Å². The van der Waals surface area contributed by atoms with Crippen molar-refractivity contribution in [2.75, 3.05) is 13.2 Å². The first-order valence-corrected chi connectivity index (χ1v) is 13.0. The van der Waals surface area contributed by atoms with Crippen LogP contribution >= 0.6 is 11.3 Å². The second kappa shape index (κ2) is 11.1. The summed E-state index contributed by atoms with van der Waals surface area (Å²) in [5, 5.41) is 6.78. The van der Waals surface area contributed by atoms with Gasteiger partial charge < -0.3 is 14.4 Å². The van der Waals surface area contributed by atoms with Gasteiger partial charge in [-0.15, -0.1) is 11.3 Å². The fourth-order valence-corrected chi connectivity index (χ4v) is 5.08. The second-order valence-corrected chi connectivity index (χ2v) is 9.63. The molecular formula is C28H28FN3O3S. The maximum atomic E-state index is 13.6. The second-order valence-electron chi connectivity index (χ2n) is 8.69. The summed E-state index contributed by atoms with van der Waals surface area (Å²) in [4.78, 5) is 16.1. The zero-order valence-electron chi connectivity index (χ0n) is 20.1. The van der Waals surface area contributed by atoms with Crippen LogP contribution in [0.3, 0.4) is 0 Å². The van der Waals surface area contributed by atoms with Gasteiger partial charge in [-0.05, 0) is 67.1 Å². The minimum Gasteiger partial charge on any atom is -0.439 e. The fraction of sp³-hybridized carbons (Fsp3) is 0.286. The number of hydrogen-bond acceptors (Lipinski definition) is 5. The Bertz CT molecular complexity index is 1280. The molecule has 0 N–H and O–H groups in total. The summed E-state index contributed by atoms with van der Waals surface area (Å²) in [5.74, 6) is 0.633. The number of aryl methyl sites for hydroxylation is 1. The van der Waals surface area contributed by atoms with Crippen molar-refractivity contribution >= 4 is 17.2 Å². The number of carbonyl (C=O) groups excluding carboxylic acids is 1. The number of halogens is 1. The number of nitrogens with zero attached hydrogens (tertiary/aromatic N) is 3. The van der Waals surface area contributed by atoms with Crippen LogP contribution in [0.15, 0.2) is 72.1 Å². The minimum atomic E-state index is -0.335. The van der Waals surface area contributed by atoms with Crippen molar-refractivity contribution in [3.8, 4) is 17.3 Å². The Hall–Kier alpha value is -3.49. The molecule has 1 aliphatic rings. The van der Waals surface area contributed by atoms with Crippen molar-refractivity contribution < 1.29 is 18.7 Å². The first-order chi connectivity index (χ1) is 17.6. The fourth-order valence-electron chi connectivity index (χ4n) is 4.38. The third kappa shape index (κ3) is 5.34. The minimum absolute atomic E-state index is 0.00428. The lowest BCUT2D eigenvalue weighted by Crippen LogP contribution is -2.36. The molecule has 3 heterocycles. The molecule has 2 aromatic heterocycles. The maximum absolute atomic E-state index is 13.6. The van der Waals surface area contributed by atoms with Crippen LogP contribution in [0.25, 0.3) is 5.69 Å². The van der Waals surface area contributed by atoms with E-state index in [1.807, 2.05) is 59.7 Å². The Morgan fingerprint density at radius 2 is 1.97 bits per heavy atom. The van der Waals surface area contributed by atoms with Gasteiger partial charge in [-0.2, -0.15) is 5.10 Å². The highest BCUT2D eigenvalue weighted by Gasteiger charge is 2.28. The van der Waals surface area contributed by atoms with E-state index in [1.54, 1.807) is 16.8 Å². The van der Waals surface area contributed by atoms with E-state index in [1.165, 1.54) is 23.5 Å². The van der Waals surface area contributed by atoms with Crippen molar-refractivity contribution in [1.82, 2.24) is 14.7 Å². The SMILES string of the molecule is CCc1nn(-c2ccccc2)c(Oc2ccc(F)cc2)c1CN(C[C@H]1CCCO1)C(=O)c1cccs1. The molecule has 8 heteroatoms. The first kappa shape index (κ1) is 24.2. The number of thiophene rings is 1. The van der Waals surface area contributed by atoms with Crippen LogP contribution in [-0.4, -0.2) is 39.8 Å². The molecule has 1 atom stereocenters. The topological polar surface area (TPSA) is 56.6 Å². The van der Waals surface area contributed by atoms with E-state index in [0.29, 0.717) is 36.0 Å². The summed E-state index contributed by atoms with van der Waals surface area (Å²) in [7, 11) is 0. The van der Waals surface area contributed by atoms with Crippen LogP contribution in [0.2, 0.25) is 0 Å². The highest BCUT2D eigenvalue weighted by molar-refractivity contribution is 7.12. The van der Waals surface area contributed by atoms with Crippen molar-refractivity contribution in [3.05, 3.63) is 94.1 Å². The van der Waals surface area contributed by atoms with Crippen molar-refractivity contribution in [1.29, 1.82) is 0 Å². The highest BCUT2D eigenvalue weighted by Crippen LogP contribution is 2.33. The molecule has 6 nitrogen and oxygen atoms in total. The smallest absolute Gasteiger partial charge is 0.264 e. The van der Waals surface area contributed by atoms with E-state index < -0.39 is 0 Å². The predicted octanol–water partition coefficient (Wildman–Crippen LogP) is 6.25. The van der Waals surface area contributed by atoms with E-state index in [9.17, 15) is 9.18 Å². The number of para-hydroxylation sites is 1. The largest absolute Gasteiger partial charge is 0.439 e. The molecule has 0 unspecified atom stereocenters. The average molecular weight is 506 g/mol. The molecule has 0 radical (unpaired) electrons. The van der Waals surface area contributed by atoms with Gasteiger partial charge in [-0.25, -0.2) is 9.07 Å². The van der Waals surface area contributed by atoms with Gasteiger partial charge >= 0.3 is 0 Å². The van der Waals surface area contributed by atoms with Crippen molar-refractivity contribution in [2.24, 2.45) is 0 Å². The molecule has 0 saturated carbocycles. The van der Waals surface area contributed by atoms with Crippen LogP contribution in [-0.2, 0) is 17.7 Å². The van der Waals surface area contributed by atoms with Crippen LogP contribution in [0, 0.1) is 5.82 Å². The summed E-state index contributed by atoms with van der Waals surface area (Å²) >= 11 is 1.43. The molecule has 1 saturated heterocycles. The van der Waals surface area contributed by atoms with Gasteiger partial charge in [0.15, 0.2) is 0 Å². The predicted molar refractivity (Wildman–Crippen MR) is 137 cm³/mol. The number of aromatic nitrogens is 2. The molecular weight excluding hydrogens is 477 g/mol. The van der Waals surface area contributed by atoms with E-state index in [-0.39, 0.29) is 17.8 Å². The van der Waals surface area contributed by atoms with E-state index in [2.05, 4.69) is 0 Å². The zero-order valence-corrected chi connectivity index (χ0v) is 20.9. The monoisotopic (exact) mass is 505 g/mol. The lowest BCUT2D eigenvalue weighted by molar-refractivity contribution is 0.0509. The third-order valence-corrected chi connectivity index (χ3v) is 7.06. The van der Waals surface area contributed by atoms with Crippen molar-refractivity contribution in [3.63, 3.8) is 0 Å². The number of hydrogen-bond donors (Lipinski definition) is 0. The third-order valence-electron chi connectivity index (χ3n) is 6.20. The van der Waals surface area contributed by atoms with Gasteiger partial charge in [-0.3, -0.25) is 4.79 Å². The molecule has 0 aliphatic carbocycles. The summed E-state index contributed by atoms with van der Waals surface area (Å²) in [6, 6.07) is 19.4. The Morgan fingerprint density at radius 1 is 1.17 bits per heavy atom. The number of rotatable bonds is 9. The summed E-state index contributed by atoms with van der Waals surface area (Å²) in [5.41, 5.74) is 2.51. The Kier molecular flexibility index (Phi) is 7.44. The van der Waals surface area contributed by atoms with E-state index in [4.69, 9.17) is 14.6 Å². The number of benzene rings is 2. The van der Waals surface area contributed by atoms with E-state index >= 15 is 0 Å². The molecule has 1 fully saturated rings. The quantitative estimate of drug-likeness (QED) is 0.270. The summed E-state index contributed by atoms with van der Waals surface area (Å²) in [6.07, 6.45) is 2.59. The Morgan fingerprint density at radius 3 is 2.64 bits per heavy atom. The lowest BCUT2D eigenvalue weighted by atomic mass is 10.1.